The zero-order valence-corrected chi connectivity index (χ0v) is 16.4. The van der Waals surface area contributed by atoms with Gasteiger partial charge in [0.25, 0.3) is 0 Å². The number of benzene rings is 1. The van der Waals surface area contributed by atoms with Gasteiger partial charge in [0, 0.05) is 12.1 Å². The van der Waals surface area contributed by atoms with Gasteiger partial charge in [-0.2, -0.15) is 0 Å². The van der Waals surface area contributed by atoms with Crippen molar-refractivity contribution < 1.29 is 9.53 Å². The number of nitrogens with one attached hydrogen (secondary N) is 1. The lowest BCUT2D eigenvalue weighted by Crippen LogP contribution is -2.57. The molecule has 4 saturated carbocycles. The third-order valence-electron chi connectivity index (χ3n) is 7.39. The Balaban J connectivity index is 1.45. The number of hydrogen-bond acceptors (Lipinski definition) is 3. The molecule has 2 aromatic rings. The lowest BCUT2D eigenvalue weighted by Gasteiger charge is -2.60. The molecule has 28 heavy (non-hydrogen) atoms. The second-order valence-electron chi connectivity index (χ2n) is 9.02. The summed E-state index contributed by atoms with van der Waals surface area (Å²) in [5.74, 6) is 3.48. The number of carbonyl (C=O) groups excluding carboxylic acids is 1. The first-order chi connectivity index (χ1) is 13.7. The molecule has 1 amide bonds. The number of methoxy groups -OCH3 is 1. The van der Waals surface area contributed by atoms with Crippen LogP contribution in [0.5, 0.6) is 5.75 Å². The number of ether oxygens (including phenoxy) is 1. The number of carbonyl (C=O) groups is 1. The van der Waals surface area contributed by atoms with Crippen molar-refractivity contribution in [3.05, 3.63) is 59.9 Å². The first kappa shape index (κ1) is 17.7. The van der Waals surface area contributed by atoms with Crippen molar-refractivity contribution in [1.29, 1.82) is 0 Å². The molecule has 4 heteroatoms. The Kier molecular flexibility index (Phi) is 4.37. The normalized spacial score (nSPS) is 32.9. The number of rotatable bonds is 5. The van der Waals surface area contributed by atoms with Crippen molar-refractivity contribution in [2.24, 2.45) is 23.2 Å². The molecule has 0 radical (unpaired) electrons. The van der Waals surface area contributed by atoms with E-state index in [2.05, 4.69) is 22.4 Å². The van der Waals surface area contributed by atoms with E-state index in [0.29, 0.717) is 30.2 Å². The molecular weight excluding hydrogens is 348 g/mol. The maximum absolute atomic E-state index is 13.6. The number of hydrogen-bond donors (Lipinski definition) is 1. The summed E-state index contributed by atoms with van der Waals surface area (Å²) in [6, 6.07) is 14.3. The smallest absolute Gasteiger partial charge is 0.227 e. The van der Waals surface area contributed by atoms with E-state index >= 15 is 0 Å². The van der Waals surface area contributed by atoms with Gasteiger partial charge in [0.15, 0.2) is 0 Å². The van der Waals surface area contributed by atoms with Crippen molar-refractivity contribution in [3.8, 4) is 5.75 Å². The monoisotopic (exact) mass is 376 g/mol. The van der Waals surface area contributed by atoms with Crippen LogP contribution in [0, 0.1) is 23.2 Å². The summed E-state index contributed by atoms with van der Waals surface area (Å²) in [5, 5.41) is 3.25. The molecule has 4 fully saturated rings. The first-order valence-electron chi connectivity index (χ1n) is 10.5. The van der Waals surface area contributed by atoms with E-state index in [1.807, 2.05) is 30.3 Å². The summed E-state index contributed by atoms with van der Waals surface area (Å²) < 4.78 is 5.35. The van der Waals surface area contributed by atoms with Crippen LogP contribution in [0.4, 0.5) is 0 Å². The van der Waals surface area contributed by atoms with Crippen LogP contribution in [0.1, 0.15) is 49.3 Å². The summed E-state index contributed by atoms with van der Waals surface area (Å²) in [7, 11) is 1.70. The molecule has 4 nitrogen and oxygen atoms in total. The van der Waals surface area contributed by atoms with Crippen LogP contribution in [0.2, 0.25) is 0 Å². The van der Waals surface area contributed by atoms with E-state index in [1.54, 1.807) is 13.3 Å². The van der Waals surface area contributed by atoms with Gasteiger partial charge in [0.2, 0.25) is 5.91 Å². The number of nitrogens with zero attached hydrogens (tertiary/aromatic N) is 1. The minimum atomic E-state index is -0.266. The standard InChI is InChI=1S/C24H28N2O2/c1-28-21-7-5-18(6-8-21)22-19-11-16-10-17(12-19)14-24(22,13-16)23(27)26-15-20-4-2-3-9-25-20/h2-9,16-17,19,22H,10-15H2,1H3,(H,26,27)/t16-,17+,19?,22?,24?. The summed E-state index contributed by atoms with van der Waals surface area (Å²) in [4.78, 5) is 18.0. The molecule has 4 aliphatic carbocycles. The fraction of sp³-hybridized carbons (Fsp3) is 0.500. The minimum absolute atomic E-state index is 0.234. The molecule has 5 atom stereocenters. The lowest BCUT2D eigenvalue weighted by molar-refractivity contribution is -0.151. The zero-order chi connectivity index (χ0) is 19.1. The van der Waals surface area contributed by atoms with Gasteiger partial charge >= 0.3 is 0 Å². The predicted molar refractivity (Wildman–Crippen MR) is 108 cm³/mol. The van der Waals surface area contributed by atoms with Gasteiger partial charge in [-0.25, -0.2) is 0 Å². The summed E-state index contributed by atoms with van der Waals surface area (Å²) in [5.41, 5.74) is 1.96. The second kappa shape index (κ2) is 6.91. The summed E-state index contributed by atoms with van der Waals surface area (Å²) in [6.07, 6.45) is 7.73. The Morgan fingerprint density at radius 3 is 2.50 bits per heavy atom. The number of aromatic nitrogens is 1. The average Bonchev–Trinajstić information content (AvgIpc) is 2.72. The lowest BCUT2D eigenvalue weighted by atomic mass is 9.43. The Morgan fingerprint density at radius 1 is 1.11 bits per heavy atom. The SMILES string of the molecule is COc1ccc(C2C3C[C@@H]4C[C@H](C3)CC2(C(=O)NCc2ccccn2)C4)cc1. The molecule has 3 unspecified atom stereocenters. The fourth-order valence-electron chi connectivity index (χ4n) is 6.62. The highest BCUT2D eigenvalue weighted by Gasteiger charge is 2.60. The number of pyridine rings is 1. The van der Waals surface area contributed by atoms with Gasteiger partial charge in [-0.05, 0) is 79.7 Å². The zero-order valence-electron chi connectivity index (χ0n) is 16.4. The van der Waals surface area contributed by atoms with Gasteiger partial charge in [-0.15, -0.1) is 0 Å². The summed E-state index contributed by atoms with van der Waals surface area (Å²) >= 11 is 0. The molecule has 1 aromatic carbocycles. The van der Waals surface area contributed by atoms with Crippen molar-refractivity contribution in [2.75, 3.05) is 7.11 Å². The van der Waals surface area contributed by atoms with Crippen molar-refractivity contribution in [1.82, 2.24) is 10.3 Å². The van der Waals surface area contributed by atoms with E-state index in [1.165, 1.54) is 24.8 Å². The van der Waals surface area contributed by atoms with E-state index in [-0.39, 0.29) is 11.3 Å². The predicted octanol–water partition coefficient (Wildman–Crippen LogP) is 4.32. The molecule has 146 valence electrons. The third kappa shape index (κ3) is 2.90. The Labute approximate surface area is 166 Å². The van der Waals surface area contributed by atoms with Crippen LogP contribution in [-0.4, -0.2) is 18.0 Å². The first-order valence-corrected chi connectivity index (χ1v) is 10.5. The maximum Gasteiger partial charge on any atom is 0.227 e. The molecule has 1 aromatic heterocycles. The van der Waals surface area contributed by atoms with Gasteiger partial charge in [0.1, 0.15) is 5.75 Å². The van der Waals surface area contributed by atoms with Crippen molar-refractivity contribution in [3.63, 3.8) is 0 Å². The quantitative estimate of drug-likeness (QED) is 0.846. The Hall–Kier alpha value is -2.36. The topological polar surface area (TPSA) is 51.2 Å². The molecule has 6 rings (SSSR count). The molecule has 0 saturated heterocycles. The Bertz CT molecular complexity index is 835. The van der Waals surface area contributed by atoms with Crippen LogP contribution in [0.15, 0.2) is 48.7 Å². The molecule has 4 bridgehead atoms. The van der Waals surface area contributed by atoms with Crippen molar-refractivity contribution >= 4 is 5.91 Å². The minimum Gasteiger partial charge on any atom is -0.497 e. The van der Waals surface area contributed by atoms with Crippen LogP contribution in [0.25, 0.3) is 0 Å². The number of amides is 1. The van der Waals surface area contributed by atoms with Gasteiger partial charge in [-0.3, -0.25) is 9.78 Å². The summed E-state index contributed by atoms with van der Waals surface area (Å²) in [6.45, 7) is 0.511. The highest BCUT2D eigenvalue weighted by molar-refractivity contribution is 5.84. The van der Waals surface area contributed by atoms with E-state index in [4.69, 9.17) is 4.74 Å². The molecule has 0 aliphatic heterocycles. The molecule has 1 heterocycles. The van der Waals surface area contributed by atoms with Gasteiger partial charge < -0.3 is 10.1 Å². The molecular formula is C24H28N2O2. The highest BCUT2D eigenvalue weighted by Crippen LogP contribution is 2.66. The van der Waals surface area contributed by atoms with Crippen LogP contribution in [0.3, 0.4) is 0 Å². The van der Waals surface area contributed by atoms with Crippen LogP contribution < -0.4 is 10.1 Å². The maximum atomic E-state index is 13.6. The molecule has 1 N–H and O–H groups in total. The van der Waals surface area contributed by atoms with Crippen molar-refractivity contribution in [2.45, 2.75) is 44.6 Å². The highest BCUT2D eigenvalue weighted by atomic mass is 16.5. The van der Waals surface area contributed by atoms with E-state index in [0.717, 1.165) is 24.3 Å². The average molecular weight is 377 g/mol. The third-order valence-corrected chi connectivity index (χ3v) is 7.39. The largest absolute Gasteiger partial charge is 0.497 e. The van der Waals surface area contributed by atoms with Gasteiger partial charge in [0.05, 0.1) is 24.8 Å². The molecule has 4 aliphatic rings. The Morgan fingerprint density at radius 2 is 1.86 bits per heavy atom. The van der Waals surface area contributed by atoms with Crippen LogP contribution >= 0.6 is 0 Å². The van der Waals surface area contributed by atoms with Gasteiger partial charge in [-0.1, -0.05) is 18.2 Å². The van der Waals surface area contributed by atoms with E-state index in [9.17, 15) is 4.79 Å². The van der Waals surface area contributed by atoms with E-state index < -0.39 is 0 Å². The molecule has 0 spiro atoms. The second-order valence-corrected chi connectivity index (χ2v) is 9.02. The fourth-order valence-corrected chi connectivity index (χ4v) is 6.62. The van der Waals surface area contributed by atoms with Crippen LogP contribution in [-0.2, 0) is 11.3 Å².